The minimum absolute atomic E-state index is 0.134. The maximum absolute atomic E-state index is 12.6. The molecule has 0 spiro atoms. The van der Waals surface area contributed by atoms with E-state index in [9.17, 15) is 9.59 Å². The van der Waals surface area contributed by atoms with Crippen molar-refractivity contribution in [3.8, 4) is 5.75 Å². The molecular formula is C22H24BrN5O3S. The van der Waals surface area contributed by atoms with Gasteiger partial charge in [0, 0.05) is 22.3 Å². The third-order valence-corrected chi connectivity index (χ3v) is 6.10. The smallest absolute Gasteiger partial charge is 0.251 e. The van der Waals surface area contributed by atoms with Crippen LogP contribution in [0, 0.1) is 0 Å². The molecule has 3 aromatic rings. The second-order valence-corrected chi connectivity index (χ2v) is 8.71. The van der Waals surface area contributed by atoms with Crippen LogP contribution >= 0.6 is 27.7 Å². The van der Waals surface area contributed by atoms with E-state index in [0.29, 0.717) is 28.8 Å². The van der Waals surface area contributed by atoms with Crippen molar-refractivity contribution >= 4 is 45.2 Å². The van der Waals surface area contributed by atoms with Crippen molar-refractivity contribution in [3.63, 3.8) is 0 Å². The van der Waals surface area contributed by atoms with Gasteiger partial charge in [-0.25, -0.2) is 0 Å². The number of carbonyl (C=O) groups is 2. The van der Waals surface area contributed by atoms with Crippen LogP contribution in [0.1, 0.15) is 36.1 Å². The lowest BCUT2D eigenvalue weighted by Gasteiger charge is -2.15. The van der Waals surface area contributed by atoms with Gasteiger partial charge >= 0.3 is 0 Å². The predicted octanol–water partition coefficient (Wildman–Crippen LogP) is 4.29. The molecule has 1 unspecified atom stereocenters. The van der Waals surface area contributed by atoms with Gasteiger partial charge in [0.1, 0.15) is 5.75 Å². The summed E-state index contributed by atoms with van der Waals surface area (Å²) in [6.07, 6.45) is 0. The zero-order chi connectivity index (χ0) is 23.1. The zero-order valence-corrected chi connectivity index (χ0v) is 20.4. The van der Waals surface area contributed by atoms with Gasteiger partial charge in [-0.2, -0.15) is 0 Å². The highest BCUT2D eigenvalue weighted by Crippen LogP contribution is 2.22. The zero-order valence-electron chi connectivity index (χ0n) is 18.0. The molecule has 0 aliphatic rings. The average molecular weight is 518 g/mol. The van der Waals surface area contributed by atoms with E-state index in [1.54, 1.807) is 31.4 Å². The van der Waals surface area contributed by atoms with E-state index >= 15 is 0 Å². The standard InChI is InChI=1S/C22H24BrN5O3S/c1-4-28-20(14(2)24-21(30)15-5-11-18(31-3)12-6-15)26-27-22(28)32-13-19(29)25-17-9-7-16(23)8-10-17/h5-12,14H,4,13H2,1-3H3,(H,24,30)(H,25,29). The molecule has 0 bridgehead atoms. The molecule has 1 heterocycles. The number of methoxy groups -OCH3 is 1. The number of ether oxygens (including phenoxy) is 1. The Bertz CT molecular complexity index is 1070. The molecule has 10 heteroatoms. The topological polar surface area (TPSA) is 98.1 Å². The fourth-order valence-corrected chi connectivity index (χ4v) is 4.05. The van der Waals surface area contributed by atoms with E-state index < -0.39 is 0 Å². The van der Waals surface area contributed by atoms with Crippen LogP contribution < -0.4 is 15.4 Å². The first-order valence-electron chi connectivity index (χ1n) is 9.97. The third kappa shape index (κ3) is 6.10. The number of hydrogen-bond acceptors (Lipinski definition) is 6. The molecule has 0 radical (unpaired) electrons. The monoisotopic (exact) mass is 517 g/mol. The van der Waals surface area contributed by atoms with Gasteiger partial charge < -0.3 is 19.9 Å². The molecule has 168 valence electrons. The molecule has 0 saturated carbocycles. The summed E-state index contributed by atoms with van der Waals surface area (Å²) in [5, 5.41) is 14.9. The van der Waals surface area contributed by atoms with E-state index in [2.05, 4.69) is 36.8 Å². The Morgan fingerprint density at radius 3 is 2.44 bits per heavy atom. The van der Waals surface area contributed by atoms with Gasteiger partial charge in [-0.05, 0) is 62.4 Å². The molecule has 0 aliphatic heterocycles. The Labute approximate surface area is 199 Å². The van der Waals surface area contributed by atoms with Crippen molar-refractivity contribution in [2.45, 2.75) is 31.6 Å². The highest BCUT2D eigenvalue weighted by atomic mass is 79.9. The Morgan fingerprint density at radius 2 is 1.81 bits per heavy atom. The van der Waals surface area contributed by atoms with Crippen LogP contribution in [-0.2, 0) is 11.3 Å². The van der Waals surface area contributed by atoms with Crippen LogP contribution in [0.25, 0.3) is 0 Å². The SMILES string of the molecule is CCn1c(SCC(=O)Nc2ccc(Br)cc2)nnc1C(C)NC(=O)c1ccc(OC)cc1. The number of anilines is 1. The number of nitrogens with one attached hydrogen (secondary N) is 2. The van der Waals surface area contributed by atoms with Crippen molar-refractivity contribution in [1.29, 1.82) is 0 Å². The summed E-state index contributed by atoms with van der Waals surface area (Å²) in [5.41, 5.74) is 1.26. The molecule has 8 nitrogen and oxygen atoms in total. The van der Waals surface area contributed by atoms with Crippen molar-refractivity contribution < 1.29 is 14.3 Å². The fraction of sp³-hybridized carbons (Fsp3) is 0.273. The number of nitrogens with zero attached hydrogens (tertiary/aromatic N) is 3. The number of rotatable bonds is 9. The van der Waals surface area contributed by atoms with Crippen molar-refractivity contribution in [1.82, 2.24) is 20.1 Å². The summed E-state index contributed by atoms with van der Waals surface area (Å²) in [4.78, 5) is 24.9. The van der Waals surface area contributed by atoms with E-state index in [1.807, 2.05) is 42.7 Å². The van der Waals surface area contributed by atoms with Gasteiger partial charge in [-0.3, -0.25) is 9.59 Å². The summed E-state index contributed by atoms with van der Waals surface area (Å²) in [6, 6.07) is 13.9. The van der Waals surface area contributed by atoms with Gasteiger partial charge in [0.15, 0.2) is 11.0 Å². The van der Waals surface area contributed by atoms with Crippen LogP contribution in [0.5, 0.6) is 5.75 Å². The second kappa shape index (κ2) is 11.1. The lowest BCUT2D eigenvalue weighted by molar-refractivity contribution is -0.113. The second-order valence-electron chi connectivity index (χ2n) is 6.85. The number of halogens is 1. The number of aromatic nitrogens is 3. The van der Waals surface area contributed by atoms with Gasteiger partial charge in [-0.15, -0.1) is 10.2 Å². The van der Waals surface area contributed by atoms with Gasteiger partial charge in [-0.1, -0.05) is 27.7 Å². The molecule has 0 saturated heterocycles. The van der Waals surface area contributed by atoms with Gasteiger partial charge in [0.2, 0.25) is 5.91 Å². The van der Waals surface area contributed by atoms with E-state index in [1.165, 1.54) is 11.8 Å². The minimum Gasteiger partial charge on any atom is -0.497 e. The van der Waals surface area contributed by atoms with Gasteiger partial charge in [0.05, 0.1) is 18.9 Å². The van der Waals surface area contributed by atoms with Crippen LogP contribution in [0.3, 0.4) is 0 Å². The first-order valence-corrected chi connectivity index (χ1v) is 11.7. The summed E-state index contributed by atoms with van der Waals surface area (Å²) < 4.78 is 7.97. The Kier molecular flexibility index (Phi) is 8.29. The minimum atomic E-state index is -0.358. The molecule has 0 fully saturated rings. The maximum Gasteiger partial charge on any atom is 0.251 e. The number of benzene rings is 2. The lowest BCUT2D eigenvalue weighted by Crippen LogP contribution is -2.28. The van der Waals surface area contributed by atoms with Crippen LogP contribution in [0.4, 0.5) is 5.69 Å². The van der Waals surface area contributed by atoms with E-state index in [0.717, 1.165) is 10.2 Å². The Morgan fingerprint density at radius 1 is 1.12 bits per heavy atom. The van der Waals surface area contributed by atoms with E-state index in [4.69, 9.17) is 4.74 Å². The predicted molar refractivity (Wildman–Crippen MR) is 128 cm³/mol. The van der Waals surface area contributed by atoms with Crippen molar-refractivity contribution in [3.05, 3.63) is 64.4 Å². The van der Waals surface area contributed by atoms with Crippen LogP contribution in [0.15, 0.2) is 58.2 Å². The number of amides is 2. The molecule has 0 aliphatic carbocycles. The van der Waals surface area contributed by atoms with Crippen LogP contribution in [-0.4, -0.2) is 39.4 Å². The van der Waals surface area contributed by atoms with Crippen molar-refractivity contribution in [2.75, 3.05) is 18.2 Å². The first-order chi connectivity index (χ1) is 15.4. The maximum atomic E-state index is 12.6. The summed E-state index contributed by atoms with van der Waals surface area (Å²) in [7, 11) is 1.58. The first kappa shape index (κ1) is 23.8. The average Bonchev–Trinajstić information content (AvgIpc) is 3.22. The molecule has 2 N–H and O–H groups in total. The summed E-state index contributed by atoms with van der Waals surface area (Å²) >= 11 is 4.67. The highest BCUT2D eigenvalue weighted by molar-refractivity contribution is 9.10. The number of hydrogen-bond donors (Lipinski definition) is 2. The largest absolute Gasteiger partial charge is 0.497 e. The molecule has 3 rings (SSSR count). The summed E-state index contributed by atoms with van der Waals surface area (Å²) in [5.74, 6) is 1.16. The molecule has 32 heavy (non-hydrogen) atoms. The molecule has 1 aromatic heterocycles. The fourth-order valence-electron chi connectivity index (χ4n) is 2.97. The summed E-state index contributed by atoms with van der Waals surface area (Å²) in [6.45, 7) is 4.44. The van der Waals surface area contributed by atoms with Crippen LogP contribution in [0.2, 0.25) is 0 Å². The molecule has 1 atom stereocenters. The third-order valence-electron chi connectivity index (χ3n) is 4.61. The van der Waals surface area contributed by atoms with Gasteiger partial charge in [0.25, 0.3) is 5.91 Å². The Hall–Kier alpha value is -2.85. The normalized spacial score (nSPS) is 11.6. The lowest BCUT2D eigenvalue weighted by atomic mass is 10.2. The molecule has 2 aromatic carbocycles. The quantitative estimate of drug-likeness (QED) is 0.410. The van der Waals surface area contributed by atoms with Crippen molar-refractivity contribution in [2.24, 2.45) is 0 Å². The number of thioether (sulfide) groups is 1. The molecule has 2 amide bonds. The van der Waals surface area contributed by atoms with E-state index in [-0.39, 0.29) is 23.6 Å². The number of carbonyl (C=O) groups excluding carboxylic acids is 2. The Balaban J connectivity index is 1.60. The molecular weight excluding hydrogens is 494 g/mol. The highest BCUT2D eigenvalue weighted by Gasteiger charge is 2.20.